The minimum Gasteiger partial charge on any atom is -0.370 e. The van der Waals surface area contributed by atoms with Gasteiger partial charge in [-0.3, -0.25) is 19.7 Å². The number of ketones is 1. The van der Waals surface area contributed by atoms with Gasteiger partial charge < -0.3 is 20.7 Å². The van der Waals surface area contributed by atoms with Crippen molar-refractivity contribution in [1.82, 2.24) is 15.5 Å². The zero-order valence-corrected chi connectivity index (χ0v) is 23.1. The minimum atomic E-state index is -0.739. The molecule has 0 spiro atoms. The van der Waals surface area contributed by atoms with Crippen LogP contribution >= 0.6 is 0 Å². The SMILES string of the molecule is CCC(N)COCC(=O)N(C)[C@H](Cc1ccc2ccccc2c1)C(=O)CN[C@H](Cc1ccccc1)C(=O)NC. The standard InChI is InChI=1S/C31H40N4O4/c1-4-26(32)20-39-21-30(37)35(3)28(18-23-14-15-24-12-8-9-13-25(24)16-23)29(36)19-34-27(31(38)33-2)17-22-10-6-5-7-11-22/h5-16,26-28,34H,4,17-21,32H2,1-3H3,(H,33,38)/t26?,27-,28-/m1/s1. The Morgan fingerprint density at radius 2 is 1.62 bits per heavy atom. The van der Waals surface area contributed by atoms with E-state index in [1.54, 1.807) is 14.1 Å². The molecular weight excluding hydrogens is 492 g/mol. The Labute approximate surface area is 230 Å². The first kappa shape index (κ1) is 30.0. The van der Waals surface area contributed by atoms with Crippen molar-refractivity contribution in [3.05, 3.63) is 83.9 Å². The maximum absolute atomic E-state index is 13.6. The highest BCUT2D eigenvalue weighted by Crippen LogP contribution is 2.18. The normalized spacial score (nSPS) is 13.4. The van der Waals surface area contributed by atoms with Crippen molar-refractivity contribution in [3.63, 3.8) is 0 Å². The Hall–Kier alpha value is -3.59. The van der Waals surface area contributed by atoms with Crippen LogP contribution in [0.3, 0.4) is 0 Å². The van der Waals surface area contributed by atoms with E-state index in [2.05, 4.69) is 10.6 Å². The molecule has 0 bridgehead atoms. The fourth-order valence-electron chi connectivity index (χ4n) is 4.37. The molecule has 3 atom stereocenters. The van der Waals surface area contributed by atoms with Crippen LogP contribution in [0.5, 0.6) is 0 Å². The van der Waals surface area contributed by atoms with E-state index < -0.39 is 12.1 Å². The summed E-state index contributed by atoms with van der Waals surface area (Å²) in [5.41, 5.74) is 7.82. The van der Waals surface area contributed by atoms with E-state index in [9.17, 15) is 14.4 Å². The summed E-state index contributed by atoms with van der Waals surface area (Å²) in [5, 5.41) is 7.96. The van der Waals surface area contributed by atoms with Crippen molar-refractivity contribution >= 4 is 28.4 Å². The lowest BCUT2D eigenvalue weighted by Crippen LogP contribution is -2.51. The fraction of sp³-hybridized carbons (Fsp3) is 0.387. The van der Waals surface area contributed by atoms with Crippen LogP contribution in [-0.2, 0) is 32.0 Å². The third kappa shape index (κ3) is 8.99. The fourth-order valence-corrected chi connectivity index (χ4v) is 4.37. The summed E-state index contributed by atoms with van der Waals surface area (Å²) in [5.74, 6) is -0.696. The van der Waals surface area contributed by atoms with Crippen LogP contribution in [0, 0.1) is 0 Å². The molecule has 0 saturated heterocycles. The van der Waals surface area contributed by atoms with E-state index in [0.29, 0.717) is 12.8 Å². The first-order chi connectivity index (χ1) is 18.8. The van der Waals surface area contributed by atoms with Crippen molar-refractivity contribution in [2.24, 2.45) is 5.73 Å². The van der Waals surface area contributed by atoms with Crippen LogP contribution < -0.4 is 16.4 Å². The molecular formula is C31H40N4O4. The molecule has 1 unspecified atom stereocenters. The number of Topliss-reactive ketones (excluding diaryl/α,β-unsaturated/α-hetero) is 1. The average molecular weight is 533 g/mol. The number of amides is 2. The molecule has 8 heteroatoms. The number of hydrogen-bond donors (Lipinski definition) is 3. The van der Waals surface area contributed by atoms with Crippen LogP contribution in [0.25, 0.3) is 10.8 Å². The highest BCUT2D eigenvalue weighted by atomic mass is 16.5. The largest absolute Gasteiger partial charge is 0.370 e. The first-order valence-electron chi connectivity index (χ1n) is 13.4. The number of rotatable bonds is 15. The zero-order chi connectivity index (χ0) is 28.2. The highest BCUT2D eigenvalue weighted by Gasteiger charge is 2.28. The van der Waals surface area contributed by atoms with E-state index in [1.807, 2.05) is 79.7 Å². The number of hydrogen-bond acceptors (Lipinski definition) is 6. The predicted octanol–water partition coefficient (Wildman–Crippen LogP) is 2.48. The van der Waals surface area contributed by atoms with Crippen molar-refractivity contribution in [2.75, 3.05) is 33.9 Å². The number of ether oxygens (including phenoxy) is 1. The summed E-state index contributed by atoms with van der Waals surface area (Å²) in [4.78, 5) is 40.6. The lowest BCUT2D eigenvalue weighted by atomic mass is 9.98. The first-order valence-corrected chi connectivity index (χ1v) is 13.4. The number of nitrogens with two attached hydrogens (primary N) is 1. The second-order valence-corrected chi connectivity index (χ2v) is 9.79. The summed E-state index contributed by atoms with van der Waals surface area (Å²) >= 11 is 0. The van der Waals surface area contributed by atoms with E-state index >= 15 is 0 Å². The molecule has 0 aromatic heterocycles. The summed E-state index contributed by atoms with van der Waals surface area (Å²) in [6, 6.07) is 22.2. The second kappa shape index (κ2) is 15.1. The van der Waals surface area contributed by atoms with Crippen molar-refractivity contribution in [1.29, 1.82) is 0 Å². The van der Waals surface area contributed by atoms with Crippen molar-refractivity contribution in [3.8, 4) is 0 Å². The lowest BCUT2D eigenvalue weighted by molar-refractivity contribution is -0.141. The number of carbonyl (C=O) groups excluding carboxylic acids is 3. The van der Waals surface area contributed by atoms with Gasteiger partial charge in [0.25, 0.3) is 0 Å². The molecule has 2 amide bonds. The van der Waals surface area contributed by atoms with Gasteiger partial charge in [-0.05, 0) is 34.7 Å². The van der Waals surface area contributed by atoms with Gasteiger partial charge in [0.05, 0.1) is 25.2 Å². The van der Waals surface area contributed by atoms with Crippen LogP contribution in [-0.4, -0.2) is 74.5 Å². The molecule has 39 heavy (non-hydrogen) atoms. The quantitative estimate of drug-likeness (QED) is 0.277. The van der Waals surface area contributed by atoms with E-state index in [4.69, 9.17) is 10.5 Å². The van der Waals surface area contributed by atoms with Gasteiger partial charge in [-0.1, -0.05) is 79.7 Å². The number of benzene rings is 3. The zero-order valence-electron chi connectivity index (χ0n) is 23.1. The van der Waals surface area contributed by atoms with Crippen molar-refractivity contribution in [2.45, 2.75) is 44.3 Å². The summed E-state index contributed by atoms with van der Waals surface area (Å²) < 4.78 is 5.52. The molecule has 3 aromatic carbocycles. The van der Waals surface area contributed by atoms with Gasteiger partial charge in [0.2, 0.25) is 11.8 Å². The van der Waals surface area contributed by atoms with Gasteiger partial charge in [-0.15, -0.1) is 0 Å². The molecule has 208 valence electrons. The molecule has 0 saturated carbocycles. The van der Waals surface area contributed by atoms with E-state index in [-0.39, 0.29) is 43.4 Å². The molecule has 0 radical (unpaired) electrons. The maximum atomic E-state index is 13.6. The molecule has 0 aliphatic heterocycles. The van der Waals surface area contributed by atoms with Crippen LogP contribution in [0.1, 0.15) is 24.5 Å². The molecule has 3 aromatic rings. The molecule has 0 fully saturated rings. The van der Waals surface area contributed by atoms with Crippen molar-refractivity contribution < 1.29 is 19.1 Å². The summed E-state index contributed by atoms with van der Waals surface area (Å²) in [7, 11) is 3.19. The highest BCUT2D eigenvalue weighted by molar-refractivity contribution is 5.92. The number of fused-ring (bicyclic) bond motifs is 1. The monoisotopic (exact) mass is 532 g/mol. The molecule has 4 N–H and O–H groups in total. The Kier molecular flexibility index (Phi) is 11.6. The van der Waals surface area contributed by atoms with E-state index in [1.165, 1.54) is 4.90 Å². The number of nitrogens with zero attached hydrogens (tertiary/aromatic N) is 1. The van der Waals surface area contributed by atoms with Gasteiger partial charge in [0.15, 0.2) is 5.78 Å². The Morgan fingerprint density at radius 1 is 0.923 bits per heavy atom. The van der Waals surface area contributed by atoms with Gasteiger partial charge in [0, 0.05) is 26.6 Å². The topological polar surface area (TPSA) is 114 Å². The Bertz CT molecular complexity index is 1230. The molecule has 0 aliphatic carbocycles. The molecule has 8 nitrogen and oxygen atoms in total. The van der Waals surface area contributed by atoms with E-state index in [0.717, 1.165) is 28.3 Å². The second-order valence-electron chi connectivity index (χ2n) is 9.79. The third-order valence-electron chi connectivity index (χ3n) is 6.93. The summed E-state index contributed by atoms with van der Waals surface area (Å²) in [6.45, 7) is 2.00. The molecule has 0 heterocycles. The Morgan fingerprint density at radius 3 is 2.31 bits per heavy atom. The van der Waals surface area contributed by atoms with Crippen LogP contribution in [0.15, 0.2) is 72.8 Å². The van der Waals surface area contributed by atoms with Gasteiger partial charge in [0.1, 0.15) is 6.61 Å². The van der Waals surface area contributed by atoms with Gasteiger partial charge in [-0.2, -0.15) is 0 Å². The molecule has 0 aliphatic rings. The summed E-state index contributed by atoms with van der Waals surface area (Å²) in [6.07, 6.45) is 1.52. The average Bonchev–Trinajstić information content (AvgIpc) is 2.97. The van der Waals surface area contributed by atoms with Gasteiger partial charge in [-0.25, -0.2) is 0 Å². The third-order valence-corrected chi connectivity index (χ3v) is 6.93. The number of nitrogens with one attached hydrogen (secondary N) is 2. The van der Waals surface area contributed by atoms with Crippen LogP contribution in [0.4, 0.5) is 0 Å². The minimum absolute atomic E-state index is 0.0671. The Balaban J connectivity index is 1.76. The predicted molar refractivity (Wildman–Crippen MR) is 154 cm³/mol. The number of likely N-dealkylation sites (N-methyl/N-ethyl adjacent to an activating group) is 2. The number of carbonyl (C=O) groups is 3. The lowest BCUT2D eigenvalue weighted by Gasteiger charge is -2.28. The van der Waals surface area contributed by atoms with Crippen LogP contribution in [0.2, 0.25) is 0 Å². The maximum Gasteiger partial charge on any atom is 0.248 e. The van der Waals surface area contributed by atoms with Gasteiger partial charge >= 0.3 is 0 Å². The molecule has 3 rings (SSSR count). The smallest absolute Gasteiger partial charge is 0.248 e.